The highest BCUT2D eigenvalue weighted by atomic mass is 32.1. The van der Waals surface area contributed by atoms with E-state index >= 15 is 0 Å². The summed E-state index contributed by atoms with van der Waals surface area (Å²) in [5.41, 5.74) is 4.27. The summed E-state index contributed by atoms with van der Waals surface area (Å²) < 4.78 is 0. The van der Waals surface area contributed by atoms with Gasteiger partial charge in [0.05, 0.1) is 17.1 Å². The zero-order chi connectivity index (χ0) is 16.5. The van der Waals surface area contributed by atoms with Crippen molar-refractivity contribution in [1.29, 1.82) is 0 Å². The minimum atomic E-state index is 0.153. The second-order valence-electron chi connectivity index (χ2n) is 6.93. The fourth-order valence-corrected chi connectivity index (χ4v) is 4.75. The van der Waals surface area contributed by atoms with E-state index in [1.807, 2.05) is 11.6 Å². The zero-order valence-electron chi connectivity index (χ0n) is 14.0. The second kappa shape index (κ2) is 6.65. The fraction of sp³-hybridized carbons (Fsp3) is 0.474. The van der Waals surface area contributed by atoms with Gasteiger partial charge in [-0.1, -0.05) is 30.3 Å². The monoisotopic (exact) mass is 341 g/mol. The predicted octanol–water partition coefficient (Wildman–Crippen LogP) is 3.07. The number of benzene rings is 1. The van der Waals surface area contributed by atoms with Gasteiger partial charge in [-0.15, -0.1) is 11.3 Å². The first-order chi connectivity index (χ1) is 11.7. The summed E-state index contributed by atoms with van der Waals surface area (Å²) in [5.74, 6) is 0.499. The quantitative estimate of drug-likeness (QED) is 0.857. The van der Waals surface area contributed by atoms with Crippen LogP contribution in [0.5, 0.6) is 0 Å². The Kier molecular flexibility index (Phi) is 4.37. The number of hydrogen-bond donors (Lipinski definition) is 0. The highest BCUT2D eigenvalue weighted by Crippen LogP contribution is 2.31. The molecule has 3 aliphatic rings. The number of carbonyl (C=O) groups excluding carboxylic acids is 1. The van der Waals surface area contributed by atoms with Crippen LogP contribution in [0, 0.1) is 12.8 Å². The van der Waals surface area contributed by atoms with Crippen LogP contribution in [0.1, 0.15) is 29.0 Å². The molecular weight excluding hydrogens is 318 g/mol. The molecule has 0 unspecified atom stereocenters. The number of hydrogen-bond acceptors (Lipinski definition) is 4. The maximum atomic E-state index is 12.9. The topological polar surface area (TPSA) is 36.4 Å². The molecule has 2 aromatic rings. The third-order valence-electron chi connectivity index (χ3n) is 5.28. The molecule has 1 amide bonds. The number of rotatable bonds is 4. The predicted molar refractivity (Wildman–Crippen MR) is 95.6 cm³/mol. The summed E-state index contributed by atoms with van der Waals surface area (Å²) in [6.45, 7) is 5.61. The Morgan fingerprint density at radius 2 is 2.00 bits per heavy atom. The summed E-state index contributed by atoms with van der Waals surface area (Å²) >= 11 is 1.73. The molecule has 4 nitrogen and oxygen atoms in total. The van der Waals surface area contributed by atoms with Gasteiger partial charge in [0.15, 0.2) is 0 Å². The Morgan fingerprint density at radius 3 is 2.75 bits per heavy atom. The summed E-state index contributed by atoms with van der Waals surface area (Å²) in [5, 5.41) is 0. The van der Waals surface area contributed by atoms with E-state index in [0.717, 1.165) is 44.7 Å². The van der Waals surface area contributed by atoms with Crippen molar-refractivity contribution < 1.29 is 4.79 Å². The highest BCUT2D eigenvalue weighted by molar-refractivity contribution is 7.09. The Morgan fingerprint density at radius 1 is 1.17 bits per heavy atom. The van der Waals surface area contributed by atoms with Crippen molar-refractivity contribution in [1.82, 2.24) is 14.8 Å². The molecule has 3 saturated heterocycles. The van der Waals surface area contributed by atoms with Crippen LogP contribution < -0.4 is 0 Å². The van der Waals surface area contributed by atoms with Crippen LogP contribution in [0.25, 0.3) is 0 Å². The number of aryl methyl sites for hydroxylation is 1. The van der Waals surface area contributed by atoms with Gasteiger partial charge in [-0.3, -0.25) is 9.69 Å². The standard InChI is InChI=1S/C19H23N3OS/c1-14-18(24-13-20-14)12-21-10-16-7-8-17(11-21)22(19(16)23)9-15-5-3-2-4-6-15/h2-6,13,16-17H,7-12H2,1H3/t16-,17+/m1/s1. The van der Waals surface area contributed by atoms with Gasteiger partial charge in [0, 0.05) is 37.1 Å². The van der Waals surface area contributed by atoms with Gasteiger partial charge in [-0.05, 0) is 25.3 Å². The van der Waals surface area contributed by atoms with Gasteiger partial charge in [0.1, 0.15) is 0 Å². The number of fused-ring (bicyclic) bond motifs is 4. The Balaban J connectivity index is 1.51. The molecule has 2 atom stereocenters. The first-order valence-electron chi connectivity index (χ1n) is 8.66. The fourth-order valence-electron chi connectivity index (χ4n) is 3.93. The lowest BCUT2D eigenvalue weighted by Gasteiger charge is -2.36. The van der Waals surface area contributed by atoms with Gasteiger partial charge in [0.2, 0.25) is 5.91 Å². The Hall–Kier alpha value is -1.72. The smallest absolute Gasteiger partial charge is 0.227 e. The van der Waals surface area contributed by atoms with Crippen molar-refractivity contribution in [3.63, 3.8) is 0 Å². The van der Waals surface area contributed by atoms with Crippen molar-refractivity contribution >= 4 is 17.2 Å². The van der Waals surface area contributed by atoms with Gasteiger partial charge < -0.3 is 4.90 Å². The van der Waals surface area contributed by atoms with Gasteiger partial charge >= 0.3 is 0 Å². The van der Waals surface area contributed by atoms with E-state index in [9.17, 15) is 4.79 Å². The van der Waals surface area contributed by atoms with Gasteiger partial charge in [-0.25, -0.2) is 4.98 Å². The van der Waals surface area contributed by atoms with Gasteiger partial charge in [-0.2, -0.15) is 0 Å². The molecule has 0 saturated carbocycles. The minimum Gasteiger partial charge on any atom is -0.334 e. The molecule has 3 aliphatic heterocycles. The van der Waals surface area contributed by atoms with Crippen LogP contribution in [-0.4, -0.2) is 39.8 Å². The van der Waals surface area contributed by atoms with E-state index in [2.05, 4.69) is 46.0 Å². The molecule has 1 aromatic carbocycles. The molecule has 0 spiro atoms. The number of aromatic nitrogens is 1. The molecule has 4 heterocycles. The lowest BCUT2D eigenvalue weighted by atomic mass is 9.93. The summed E-state index contributed by atoms with van der Waals surface area (Å²) in [6.07, 6.45) is 2.16. The number of carbonyl (C=O) groups is 1. The maximum absolute atomic E-state index is 12.9. The highest BCUT2D eigenvalue weighted by Gasteiger charge is 2.40. The average Bonchev–Trinajstić information content (AvgIpc) is 2.81. The van der Waals surface area contributed by atoms with E-state index < -0.39 is 0 Å². The normalized spacial score (nSPS) is 24.4. The van der Waals surface area contributed by atoms with Crippen LogP contribution in [0.3, 0.4) is 0 Å². The number of thiazole rings is 1. The molecule has 0 N–H and O–H groups in total. The van der Waals surface area contributed by atoms with Crippen LogP contribution in [-0.2, 0) is 17.9 Å². The Bertz CT molecular complexity index is 714. The zero-order valence-corrected chi connectivity index (χ0v) is 14.8. The van der Waals surface area contributed by atoms with Crippen LogP contribution in [0.15, 0.2) is 35.8 Å². The summed E-state index contributed by atoms with van der Waals surface area (Å²) in [7, 11) is 0. The largest absolute Gasteiger partial charge is 0.334 e. The third kappa shape index (κ3) is 3.10. The van der Waals surface area contributed by atoms with Crippen molar-refractivity contribution in [3.8, 4) is 0 Å². The molecule has 5 heteroatoms. The van der Waals surface area contributed by atoms with E-state index in [-0.39, 0.29) is 5.92 Å². The van der Waals surface area contributed by atoms with Crippen LogP contribution in [0.4, 0.5) is 0 Å². The molecule has 3 fully saturated rings. The van der Waals surface area contributed by atoms with Gasteiger partial charge in [0.25, 0.3) is 0 Å². The lowest BCUT2D eigenvalue weighted by molar-refractivity contribution is -0.140. The van der Waals surface area contributed by atoms with E-state index in [1.54, 1.807) is 11.3 Å². The molecule has 0 radical (unpaired) electrons. The molecule has 5 rings (SSSR count). The van der Waals surface area contributed by atoms with Crippen molar-refractivity contribution in [2.45, 2.75) is 38.9 Å². The van der Waals surface area contributed by atoms with E-state index in [1.165, 1.54) is 10.4 Å². The molecular formula is C19H23N3OS. The molecule has 24 heavy (non-hydrogen) atoms. The average molecular weight is 341 g/mol. The van der Waals surface area contributed by atoms with Crippen molar-refractivity contribution in [3.05, 3.63) is 52.0 Å². The van der Waals surface area contributed by atoms with E-state index in [4.69, 9.17) is 0 Å². The second-order valence-corrected chi connectivity index (χ2v) is 7.87. The molecule has 1 aromatic heterocycles. The summed E-state index contributed by atoms with van der Waals surface area (Å²) in [4.78, 5) is 23.2. The first-order valence-corrected chi connectivity index (χ1v) is 9.54. The van der Waals surface area contributed by atoms with Crippen LogP contribution >= 0.6 is 11.3 Å². The maximum Gasteiger partial charge on any atom is 0.227 e. The van der Waals surface area contributed by atoms with Crippen molar-refractivity contribution in [2.24, 2.45) is 5.92 Å². The third-order valence-corrected chi connectivity index (χ3v) is 6.20. The van der Waals surface area contributed by atoms with Crippen molar-refractivity contribution in [2.75, 3.05) is 13.1 Å². The first kappa shape index (κ1) is 15.8. The SMILES string of the molecule is Cc1ncsc1CN1C[C@H]2CC[C@@H](C1)N(Cc1ccccc1)C2=O. The number of nitrogens with zero attached hydrogens (tertiary/aromatic N) is 3. The minimum absolute atomic E-state index is 0.153. The van der Waals surface area contributed by atoms with E-state index in [0.29, 0.717) is 11.9 Å². The lowest BCUT2D eigenvalue weighted by Crippen LogP contribution is -2.47. The summed E-state index contributed by atoms with van der Waals surface area (Å²) in [6, 6.07) is 10.7. The molecule has 126 valence electrons. The Labute approximate surface area is 147 Å². The molecule has 2 bridgehead atoms. The molecule has 0 aliphatic carbocycles. The number of piperidine rings is 1. The van der Waals surface area contributed by atoms with Crippen LogP contribution in [0.2, 0.25) is 0 Å². The number of amides is 1.